The van der Waals surface area contributed by atoms with E-state index >= 15 is 0 Å². The molecule has 0 spiro atoms. The Bertz CT molecular complexity index is 757. The fourth-order valence-electron chi connectivity index (χ4n) is 2.28. The summed E-state index contributed by atoms with van der Waals surface area (Å²) in [4.78, 5) is 13.9. The number of nitrogens with one attached hydrogen (secondary N) is 2. The number of rotatable bonds is 2. The van der Waals surface area contributed by atoms with Crippen molar-refractivity contribution in [2.45, 2.75) is 19.9 Å². The maximum atomic E-state index is 12.3. The fourth-order valence-corrected chi connectivity index (χ4v) is 4.62. The molecule has 0 aromatic carbocycles. The van der Waals surface area contributed by atoms with Gasteiger partial charge in [0.05, 0.1) is 10.6 Å². The fraction of sp³-hybridized carbons (Fsp3) is 0.286. The lowest BCUT2D eigenvalue weighted by molar-refractivity contribution is 0.103. The number of aryl methyl sites for hydroxylation is 1. The smallest absolute Gasteiger partial charge is 0.267 e. The van der Waals surface area contributed by atoms with Crippen LogP contribution in [0, 0.1) is 18.3 Å². The molecule has 21 heavy (non-hydrogen) atoms. The first-order valence-electron chi connectivity index (χ1n) is 6.42. The zero-order valence-corrected chi connectivity index (χ0v) is 13.6. The molecule has 0 unspecified atom stereocenters. The molecule has 0 bridgehead atoms. The van der Waals surface area contributed by atoms with Gasteiger partial charge in [-0.1, -0.05) is 11.6 Å². The number of nitriles is 1. The number of hydrogen-bond acceptors (Lipinski definition) is 5. The molecule has 2 N–H and O–H groups in total. The first-order valence-corrected chi connectivity index (χ1v) is 8.49. The largest absolute Gasteiger partial charge is 0.312 e. The second kappa shape index (κ2) is 5.78. The average Bonchev–Trinajstić information content (AvgIpc) is 2.99. The molecule has 2 aromatic rings. The van der Waals surface area contributed by atoms with Gasteiger partial charge < -0.3 is 10.6 Å². The zero-order chi connectivity index (χ0) is 15.0. The number of halogens is 1. The molecule has 3 heterocycles. The molecule has 0 aliphatic carbocycles. The van der Waals surface area contributed by atoms with E-state index in [0.717, 1.165) is 35.5 Å². The summed E-state index contributed by atoms with van der Waals surface area (Å²) >= 11 is 8.91. The van der Waals surface area contributed by atoms with E-state index in [-0.39, 0.29) is 5.91 Å². The predicted molar refractivity (Wildman–Crippen MR) is 86.5 cm³/mol. The highest BCUT2D eigenvalue weighted by molar-refractivity contribution is 7.17. The molecule has 0 fully saturated rings. The highest BCUT2D eigenvalue weighted by Gasteiger charge is 2.23. The summed E-state index contributed by atoms with van der Waals surface area (Å²) in [6.07, 6.45) is 0.823. The summed E-state index contributed by atoms with van der Waals surface area (Å²) in [7, 11) is 0. The average molecular weight is 338 g/mol. The molecule has 1 aliphatic rings. The molecule has 7 heteroatoms. The molecule has 1 amide bonds. The first kappa shape index (κ1) is 14.5. The van der Waals surface area contributed by atoms with Gasteiger partial charge in [0.2, 0.25) is 0 Å². The van der Waals surface area contributed by atoms with Gasteiger partial charge in [-0.05, 0) is 36.4 Å². The molecule has 1 aliphatic heterocycles. The lowest BCUT2D eigenvalue weighted by Crippen LogP contribution is -2.22. The number of nitrogens with zero attached hydrogens (tertiary/aromatic N) is 1. The molecule has 108 valence electrons. The highest BCUT2D eigenvalue weighted by Crippen LogP contribution is 2.36. The second-order valence-corrected chi connectivity index (χ2v) is 7.13. The van der Waals surface area contributed by atoms with Gasteiger partial charge in [0, 0.05) is 11.4 Å². The highest BCUT2D eigenvalue weighted by atomic mass is 35.5. The van der Waals surface area contributed by atoms with E-state index in [4.69, 9.17) is 11.6 Å². The standard InChI is InChI=1S/C14H12ClN3OS2/c1-7-6-20-12(11(7)15)13(19)18-14-9(4-16)8-2-3-17-5-10(8)21-14/h6,17H,2-3,5H2,1H3,(H,18,19). The van der Waals surface area contributed by atoms with Crippen molar-refractivity contribution < 1.29 is 4.79 Å². The topological polar surface area (TPSA) is 64.9 Å². The number of carbonyl (C=O) groups is 1. The Hall–Kier alpha value is -1.39. The molecule has 0 saturated heterocycles. The van der Waals surface area contributed by atoms with Gasteiger partial charge in [-0.25, -0.2) is 0 Å². The van der Waals surface area contributed by atoms with E-state index < -0.39 is 0 Å². The Morgan fingerprint density at radius 3 is 3.05 bits per heavy atom. The van der Waals surface area contributed by atoms with Gasteiger partial charge >= 0.3 is 0 Å². The second-order valence-electron chi connectivity index (χ2n) is 4.76. The first-order chi connectivity index (χ1) is 10.1. The number of anilines is 1. The van der Waals surface area contributed by atoms with Gasteiger partial charge in [0.1, 0.15) is 15.9 Å². The number of amides is 1. The summed E-state index contributed by atoms with van der Waals surface area (Å²) in [5.74, 6) is -0.249. The van der Waals surface area contributed by atoms with Gasteiger partial charge in [0.25, 0.3) is 5.91 Å². The van der Waals surface area contributed by atoms with Crippen LogP contribution in [-0.4, -0.2) is 12.5 Å². The third kappa shape index (κ3) is 2.58. The van der Waals surface area contributed by atoms with E-state index in [2.05, 4.69) is 16.7 Å². The van der Waals surface area contributed by atoms with Crippen LogP contribution in [0.2, 0.25) is 5.02 Å². The van der Waals surface area contributed by atoms with Crippen molar-refractivity contribution in [1.29, 1.82) is 5.26 Å². The van der Waals surface area contributed by atoms with Gasteiger partial charge in [-0.2, -0.15) is 5.26 Å². The van der Waals surface area contributed by atoms with E-state index in [1.807, 2.05) is 12.3 Å². The van der Waals surface area contributed by atoms with Gasteiger partial charge in [-0.3, -0.25) is 4.79 Å². The van der Waals surface area contributed by atoms with Gasteiger partial charge in [0.15, 0.2) is 0 Å². The van der Waals surface area contributed by atoms with E-state index in [0.29, 0.717) is 20.5 Å². The van der Waals surface area contributed by atoms with Crippen molar-refractivity contribution in [3.8, 4) is 6.07 Å². The van der Waals surface area contributed by atoms with Crippen LogP contribution in [0.5, 0.6) is 0 Å². The van der Waals surface area contributed by atoms with Crippen LogP contribution in [-0.2, 0) is 13.0 Å². The normalized spacial score (nSPS) is 13.6. The molecule has 2 aromatic heterocycles. The Labute approximate surface area is 135 Å². The molecule has 0 radical (unpaired) electrons. The molecular formula is C14H12ClN3OS2. The van der Waals surface area contributed by atoms with Crippen molar-refractivity contribution in [2.24, 2.45) is 0 Å². The Balaban J connectivity index is 1.92. The van der Waals surface area contributed by atoms with Crippen molar-refractivity contribution in [1.82, 2.24) is 5.32 Å². The van der Waals surface area contributed by atoms with Crippen LogP contribution < -0.4 is 10.6 Å². The molecule has 0 saturated carbocycles. The van der Waals surface area contributed by atoms with Crippen LogP contribution in [0.3, 0.4) is 0 Å². The van der Waals surface area contributed by atoms with Crippen molar-refractivity contribution in [3.05, 3.63) is 36.8 Å². The Morgan fingerprint density at radius 1 is 1.57 bits per heavy atom. The van der Waals surface area contributed by atoms with E-state index in [1.54, 1.807) is 0 Å². The van der Waals surface area contributed by atoms with E-state index in [9.17, 15) is 10.1 Å². The van der Waals surface area contributed by atoms with E-state index in [1.165, 1.54) is 22.7 Å². The quantitative estimate of drug-likeness (QED) is 0.880. The lowest BCUT2D eigenvalue weighted by Gasteiger charge is -2.11. The van der Waals surface area contributed by atoms with Crippen LogP contribution in [0.4, 0.5) is 5.00 Å². The summed E-state index contributed by atoms with van der Waals surface area (Å²) in [6.45, 7) is 3.48. The Morgan fingerprint density at radius 2 is 2.38 bits per heavy atom. The van der Waals surface area contributed by atoms with Gasteiger partial charge in [-0.15, -0.1) is 22.7 Å². The molecule has 3 rings (SSSR count). The molecule has 0 atom stereocenters. The Kier molecular flexibility index (Phi) is 4.00. The number of carbonyl (C=O) groups excluding carboxylic acids is 1. The zero-order valence-electron chi connectivity index (χ0n) is 11.2. The minimum absolute atomic E-state index is 0.249. The van der Waals surface area contributed by atoms with Crippen molar-refractivity contribution in [3.63, 3.8) is 0 Å². The van der Waals surface area contributed by atoms with Crippen LogP contribution in [0.1, 0.15) is 31.2 Å². The predicted octanol–water partition coefficient (Wildman–Crippen LogP) is 3.54. The third-order valence-corrected chi connectivity index (χ3v) is 6.22. The summed E-state index contributed by atoms with van der Waals surface area (Å²) < 4.78 is 0. The maximum absolute atomic E-state index is 12.3. The van der Waals surface area contributed by atoms with Crippen LogP contribution in [0.25, 0.3) is 0 Å². The van der Waals surface area contributed by atoms with Crippen LogP contribution in [0.15, 0.2) is 5.38 Å². The van der Waals surface area contributed by atoms with Crippen molar-refractivity contribution >= 4 is 45.2 Å². The minimum atomic E-state index is -0.249. The monoisotopic (exact) mass is 337 g/mol. The maximum Gasteiger partial charge on any atom is 0.267 e. The third-order valence-electron chi connectivity index (χ3n) is 3.37. The summed E-state index contributed by atoms with van der Waals surface area (Å²) in [5, 5.41) is 18.4. The number of thiophene rings is 2. The summed E-state index contributed by atoms with van der Waals surface area (Å²) in [6, 6.07) is 2.22. The lowest BCUT2D eigenvalue weighted by atomic mass is 10.1. The number of hydrogen-bond donors (Lipinski definition) is 2. The van der Waals surface area contributed by atoms with Crippen LogP contribution >= 0.6 is 34.3 Å². The SMILES string of the molecule is Cc1csc(C(=O)Nc2sc3c(c2C#N)CCNC3)c1Cl. The minimum Gasteiger partial charge on any atom is -0.312 e. The molecular weight excluding hydrogens is 326 g/mol. The molecule has 4 nitrogen and oxygen atoms in total. The number of fused-ring (bicyclic) bond motifs is 1. The van der Waals surface area contributed by atoms with Crippen molar-refractivity contribution in [2.75, 3.05) is 11.9 Å². The summed E-state index contributed by atoms with van der Waals surface area (Å²) in [5.41, 5.74) is 2.54.